The van der Waals surface area contributed by atoms with Gasteiger partial charge in [-0.25, -0.2) is 0 Å². The monoisotopic (exact) mass is 335 g/mol. The summed E-state index contributed by atoms with van der Waals surface area (Å²) in [6.07, 6.45) is 1.91. The molecule has 1 saturated heterocycles. The van der Waals surface area contributed by atoms with E-state index in [9.17, 15) is 4.79 Å². The number of carbonyl (C=O) groups is 1. The molecule has 23 heavy (non-hydrogen) atoms. The standard InChI is InChI=1S/C16H21N3O3S/c1-2-19(9-12-5-7-21-10-12)15(20)4-3-14-17-18-16(22-14)13-6-8-23-11-13/h6,8,11-12H,2-5,7,9-10H2,1H3/t12-/m1/s1. The quantitative estimate of drug-likeness (QED) is 0.778. The fraction of sp³-hybridized carbons (Fsp3) is 0.562. The number of thiophene rings is 1. The van der Waals surface area contributed by atoms with Crippen LogP contribution in [-0.2, 0) is 16.0 Å². The average molecular weight is 335 g/mol. The molecule has 1 aliphatic heterocycles. The van der Waals surface area contributed by atoms with Crippen molar-refractivity contribution in [2.75, 3.05) is 26.3 Å². The SMILES string of the molecule is CCN(C[C@H]1CCOC1)C(=O)CCc1nnc(-c2ccsc2)o1. The number of rotatable bonds is 7. The Morgan fingerprint density at radius 3 is 3.09 bits per heavy atom. The molecule has 0 spiro atoms. The van der Waals surface area contributed by atoms with Crippen LogP contribution >= 0.6 is 11.3 Å². The van der Waals surface area contributed by atoms with Crippen molar-refractivity contribution in [2.24, 2.45) is 5.92 Å². The Morgan fingerprint density at radius 1 is 1.48 bits per heavy atom. The predicted octanol–water partition coefficient (Wildman–Crippen LogP) is 2.62. The summed E-state index contributed by atoms with van der Waals surface area (Å²) < 4.78 is 11.0. The number of hydrogen-bond donors (Lipinski definition) is 0. The average Bonchev–Trinajstić information content (AvgIpc) is 3.32. The number of ether oxygens (including phenoxy) is 1. The number of amides is 1. The molecule has 124 valence electrons. The molecule has 0 unspecified atom stereocenters. The largest absolute Gasteiger partial charge is 0.421 e. The van der Waals surface area contributed by atoms with Gasteiger partial charge >= 0.3 is 0 Å². The zero-order valence-electron chi connectivity index (χ0n) is 13.2. The maximum Gasteiger partial charge on any atom is 0.248 e. The molecule has 0 saturated carbocycles. The summed E-state index contributed by atoms with van der Waals surface area (Å²) >= 11 is 1.59. The van der Waals surface area contributed by atoms with Gasteiger partial charge in [-0.15, -0.1) is 10.2 Å². The van der Waals surface area contributed by atoms with Crippen molar-refractivity contribution in [3.05, 3.63) is 22.7 Å². The van der Waals surface area contributed by atoms with Gasteiger partial charge in [-0.3, -0.25) is 4.79 Å². The smallest absolute Gasteiger partial charge is 0.248 e. The first-order chi connectivity index (χ1) is 11.3. The highest BCUT2D eigenvalue weighted by Crippen LogP contribution is 2.21. The molecule has 6 nitrogen and oxygen atoms in total. The highest BCUT2D eigenvalue weighted by atomic mass is 32.1. The van der Waals surface area contributed by atoms with E-state index in [4.69, 9.17) is 9.15 Å². The topological polar surface area (TPSA) is 68.5 Å². The number of carbonyl (C=O) groups excluding carboxylic acids is 1. The van der Waals surface area contributed by atoms with E-state index in [0.29, 0.717) is 30.5 Å². The first kappa shape index (κ1) is 16.1. The molecule has 2 aromatic rings. The Kier molecular flexibility index (Phi) is 5.40. The third kappa shape index (κ3) is 4.17. The summed E-state index contributed by atoms with van der Waals surface area (Å²) in [7, 11) is 0. The molecular weight excluding hydrogens is 314 g/mol. The molecular formula is C16H21N3O3S. The molecule has 1 fully saturated rings. The zero-order chi connectivity index (χ0) is 16.1. The van der Waals surface area contributed by atoms with Gasteiger partial charge in [0.25, 0.3) is 0 Å². The lowest BCUT2D eigenvalue weighted by atomic mass is 10.1. The van der Waals surface area contributed by atoms with E-state index in [1.807, 2.05) is 28.7 Å². The zero-order valence-corrected chi connectivity index (χ0v) is 14.1. The van der Waals surface area contributed by atoms with Gasteiger partial charge in [0.05, 0.1) is 6.61 Å². The van der Waals surface area contributed by atoms with Gasteiger partial charge in [-0.05, 0) is 24.8 Å². The summed E-state index contributed by atoms with van der Waals surface area (Å²) in [5, 5.41) is 12.0. The van der Waals surface area contributed by atoms with Crippen molar-refractivity contribution in [2.45, 2.75) is 26.2 Å². The predicted molar refractivity (Wildman–Crippen MR) is 87.1 cm³/mol. The van der Waals surface area contributed by atoms with Crippen LogP contribution in [0.15, 0.2) is 21.2 Å². The lowest BCUT2D eigenvalue weighted by Crippen LogP contribution is -2.35. The van der Waals surface area contributed by atoms with Crippen LogP contribution in [0, 0.1) is 5.92 Å². The van der Waals surface area contributed by atoms with Crippen molar-refractivity contribution in [3.63, 3.8) is 0 Å². The van der Waals surface area contributed by atoms with Crippen LogP contribution in [0.4, 0.5) is 0 Å². The van der Waals surface area contributed by atoms with Crippen LogP contribution in [0.25, 0.3) is 11.5 Å². The minimum Gasteiger partial charge on any atom is -0.421 e. The Labute approximate surface area is 139 Å². The van der Waals surface area contributed by atoms with Crippen molar-refractivity contribution < 1.29 is 13.9 Å². The summed E-state index contributed by atoms with van der Waals surface area (Å²) in [6.45, 7) is 5.08. The Morgan fingerprint density at radius 2 is 2.39 bits per heavy atom. The highest BCUT2D eigenvalue weighted by Gasteiger charge is 2.21. The second kappa shape index (κ2) is 7.70. The number of hydrogen-bond acceptors (Lipinski definition) is 6. The summed E-state index contributed by atoms with van der Waals surface area (Å²) in [5.74, 6) is 1.63. The molecule has 0 radical (unpaired) electrons. The van der Waals surface area contributed by atoms with E-state index in [2.05, 4.69) is 10.2 Å². The van der Waals surface area contributed by atoms with Crippen LogP contribution in [0.1, 0.15) is 25.7 Å². The van der Waals surface area contributed by atoms with Crippen molar-refractivity contribution >= 4 is 17.2 Å². The molecule has 1 aliphatic rings. The van der Waals surface area contributed by atoms with Crippen molar-refractivity contribution in [3.8, 4) is 11.5 Å². The molecule has 7 heteroatoms. The summed E-state index contributed by atoms with van der Waals surface area (Å²) in [5.41, 5.74) is 0.927. The van der Waals surface area contributed by atoms with Gasteiger partial charge in [0.15, 0.2) is 0 Å². The highest BCUT2D eigenvalue weighted by molar-refractivity contribution is 7.08. The lowest BCUT2D eigenvalue weighted by molar-refractivity contribution is -0.131. The van der Waals surface area contributed by atoms with E-state index < -0.39 is 0 Å². The van der Waals surface area contributed by atoms with Crippen LogP contribution in [-0.4, -0.2) is 47.3 Å². The Balaban J connectivity index is 1.51. The maximum absolute atomic E-state index is 12.4. The minimum absolute atomic E-state index is 0.134. The molecule has 0 bridgehead atoms. The van der Waals surface area contributed by atoms with E-state index >= 15 is 0 Å². The fourth-order valence-corrected chi connectivity index (χ4v) is 3.31. The van der Waals surface area contributed by atoms with Crippen molar-refractivity contribution in [1.29, 1.82) is 0 Å². The Hall–Kier alpha value is -1.73. The molecule has 0 N–H and O–H groups in total. The van der Waals surface area contributed by atoms with E-state index in [0.717, 1.165) is 38.3 Å². The minimum atomic E-state index is 0.134. The molecule has 3 rings (SSSR count). The normalized spacial score (nSPS) is 17.5. The third-order valence-electron chi connectivity index (χ3n) is 4.02. The van der Waals surface area contributed by atoms with Crippen LogP contribution in [0.3, 0.4) is 0 Å². The summed E-state index contributed by atoms with van der Waals surface area (Å²) in [4.78, 5) is 14.3. The second-order valence-corrected chi connectivity index (χ2v) is 6.46. The van der Waals surface area contributed by atoms with E-state index in [1.165, 1.54) is 0 Å². The molecule has 0 aliphatic carbocycles. The van der Waals surface area contributed by atoms with Gasteiger partial charge in [0, 0.05) is 49.4 Å². The molecule has 1 atom stereocenters. The lowest BCUT2D eigenvalue weighted by Gasteiger charge is -2.23. The van der Waals surface area contributed by atoms with Gasteiger partial charge in [-0.2, -0.15) is 11.3 Å². The van der Waals surface area contributed by atoms with E-state index in [-0.39, 0.29) is 5.91 Å². The maximum atomic E-state index is 12.4. The van der Waals surface area contributed by atoms with Crippen LogP contribution in [0.5, 0.6) is 0 Å². The third-order valence-corrected chi connectivity index (χ3v) is 4.71. The first-order valence-corrected chi connectivity index (χ1v) is 8.91. The van der Waals surface area contributed by atoms with Gasteiger partial charge in [0.2, 0.25) is 17.7 Å². The molecule has 0 aromatic carbocycles. The van der Waals surface area contributed by atoms with Crippen molar-refractivity contribution in [1.82, 2.24) is 15.1 Å². The first-order valence-electron chi connectivity index (χ1n) is 7.96. The molecule has 1 amide bonds. The van der Waals surface area contributed by atoms with Gasteiger partial charge in [-0.1, -0.05) is 0 Å². The van der Waals surface area contributed by atoms with Crippen LogP contribution < -0.4 is 0 Å². The number of aryl methyl sites for hydroxylation is 1. The molecule has 3 heterocycles. The van der Waals surface area contributed by atoms with E-state index in [1.54, 1.807) is 11.3 Å². The van der Waals surface area contributed by atoms with Crippen LogP contribution in [0.2, 0.25) is 0 Å². The fourth-order valence-electron chi connectivity index (χ4n) is 2.68. The van der Waals surface area contributed by atoms with Gasteiger partial charge < -0.3 is 14.1 Å². The summed E-state index contributed by atoms with van der Waals surface area (Å²) in [6, 6.07) is 1.94. The van der Waals surface area contributed by atoms with Gasteiger partial charge in [0.1, 0.15) is 0 Å². The number of nitrogens with zero attached hydrogens (tertiary/aromatic N) is 3. The number of aromatic nitrogens is 2. The Bertz CT molecular complexity index is 620. The molecule has 2 aromatic heterocycles. The second-order valence-electron chi connectivity index (χ2n) is 5.67.